The lowest BCUT2D eigenvalue weighted by Gasteiger charge is -2.22. The van der Waals surface area contributed by atoms with E-state index in [0.29, 0.717) is 12.7 Å². The molecule has 1 aromatic rings. The summed E-state index contributed by atoms with van der Waals surface area (Å²) in [7, 11) is 0. The lowest BCUT2D eigenvalue weighted by molar-refractivity contribution is 0.0262. The van der Waals surface area contributed by atoms with Crippen LogP contribution in [0.5, 0.6) is 5.75 Å². The highest BCUT2D eigenvalue weighted by Crippen LogP contribution is 2.23. The van der Waals surface area contributed by atoms with Gasteiger partial charge in [-0.3, -0.25) is 0 Å². The molecule has 0 saturated carbocycles. The van der Waals surface area contributed by atoms with Crippen LogP contribution in [0.2, 0.25) is 0 Å². The van der Waals surface area contributed by atoms with E-state index in [4.69, 9.17) is 9.47 Å². The van der Waals surface area contributed by atoms with Crippen LogP contribution < -0.4 is 10.1 Å². The van der Waals surface area contributed by atoms with Crippen molar-refractivity contribution in [2.24, 2.45) is 0 Å². The van der Waals surface area contributed by atoms with E-state index in [-0.39, 0.29) is 11.6 Å². The van der Waals surface area contributed by atoms with Crippen molar-refractivity contribution in [2.45, 2.75) is 64.8 Å². The summed E-state index contributed by atoms with van der Waals surface area (Å²) >= 11 is 0. The lowest BCUT2D eigenvalue weighted by atomic mass is 10.1. The van der Waals surface area contributed by atoms with Crippen LogP contribution in [0.25, 0.3) is 0 Å². The third-order valence-corrected chi connectivity index (χ3v) is 3.53. The van der Waals surface area contributed by atoms with Crippen LogP contribution in [0.15, 0.2) is 24.3 Å². The molecule has 0 aliphatic carbocycles. The summed E-state index contributed by atoms with van der Waals surface area (Å²) in [5.41, 5.74) is 1.31. The molecule has 0 amide bonds. The fourth-order valence-corrected chi connectivity index (χ4v) is 2.34. The van der Waals surface area contributed by atoms with E-state index in [0.717, 1.165) is 25.1 Å². The maximum absolute atomic E-state index is 5.97. The quantitative estimate of drug-likeness (QED) is 0.893. The molecule has 2 atom stereocenters. The van der Waals surface area contributed by atoms with Gasteiger partial charge in [-0.1, -0.05) is 18.2 Å². The van der Waals surface area contributed by atoms with Gasteiger partial charge in [-0.2, -0.15) is 0 Å². The summed E-state index contributed by atoms with van der Waals surface area (Å²) < 4.78 is 11.8. The Morgan fingerprint density at radius 3 is 2.65 bits per heavy atom. The Bertz CT molecular complexity index is 425. The van der Waals surface area contributed by atoms with E-state index in [9.17, 15) is 0 Å². The van der Waals surface area contributed by atoms with Crippen molar-refractivity contribution in [1.82, 2.24) is 5.32 Å². The highest BCUT2D eigenvalue weighted by molar-refractivity contribution is 5.33. The first kappa shape index (κ1) is 15.3. The van der Waals surface area contributed by atoms with Crippen molar-refractivity contribution in [3.8, 4) is 5.75 Å². The molecule has 2 rings (SSSR count). The highest BCUT2D eigenvalue weighted by atomic mass is 16.5. The van der Waals surface area contributed by atoms with E-state index in [1.807, 2.05) is 12.1 Å². The first-order chi connectivity index (χ1) is 9.44. The Kier molecular flexibility index (Phi) is 5.06. The Morgan fingerprint density at radius 1 is 1.25 bits per heavy atom. The number of benzene rings is 1. The maximum Gasteiger partial charge on any atom is 0.123 e. The second-order valence-electron chi connectivity index (χ2n) is 6.67. The molecule has 1 saturated heterocycles. The van der Waals surface area contributed by atoms with Gasteiger partial charge >= 0.3 is 0 Å². The number of nitrogens with one attached hydrogen (secondary N) is 1. The summed E-state index contributed by atoms with van der Waals surface area (Å²) in [5, 5.41) is 3.50. The van der Waals surface area contributed by atoms with Gasteiger partial charge in [-0.15, -0.1) is 0 Å². The average Bonchev–Trinajstić information content (AvgIpc) is 2.80. The molecular weight excluding hydrogens is 250 g/mol. The summed E-state index contributed by atoms with van der Waals surface area (Å²) in [5.74, 6) is 0.965. The maximum atomic E-state index is 5.97. The molecule has 0 radical (unpaired) electrons. The van der Waals surface area contributed by atoms with Crippen LogP contribution in [-0.2, 0) is 11.3 Å². The molecule has 0 bridgehead atoms. The van der Waals surface area contributed by atoms with Crippen LogP contribution >= 0.6 is 0 Å². The fourth-order valence-electron chi connectivity index (χ4n) is 2.34. The van der Waals surface area contributed by atoms with Gasteiger partial charge in [-0.25, -0.2) is 0 Å². The topological polar surface area (TPSA) is 30.5 Å². The lowest BCUT2D eigenvalue weighted by Crippen LogP contribution is -2.35. The smallest absolute Gasteiger partial charge is 0.123 e. The van der Waals surface area contributed by atoms with Gasteiger partial charge in [0.05, 0.1) is 12.2 Å². The largest absolute Gasteiger partial charge is 0.491 e. The molecule has 3 heteroatoms. The number of para-hydroxylation sites is 1. The van der Waals surface area contributed by atoms with E-state index in [2.05, 4.69) is 45.1 Å². The van der Waals surface area contributed by atoms with Crippen molar-refractivity contribution in [3.05, 3.63) is 29.8 Å². The summed E-state index contributed by atoms with van der Waals surface area (Å²) in [4.78, 5) is 0. The zero-order valence-corrected chi connectivity index (χ0v) is 13.1. The SMILES string of the molecule is CC1CCC(COc2ccccc2CNC(C)(C)C)O1. The van der Waals surface area contributed by atoms with Gasteiger partial charge in [-0.05, 0) is 46.6 Å². The normalized spacial score (nSPS) is 23.0. The highest BCUT2D eigenvalue weighted by Gasteiger charge is 2.22. The molecule has 1 N–H and O–H groups in total. The third kappa shape index (κ3) is 4.80. The first-order valence-corrected chi connectivity index (χ1v) is 7.55. The Hall–Kier alpha value is -1.06. The molecule has 1 aliphatic rings. The van der Waals surface area contributed by atoms with Crippen LogP contribution in [0.3, 0.4) is 0 Å². The summed E-state index contributed by atoms with van der Waals surface area (Å²) in [6.45, 7) is 10.1. The standard InChI is InChI=1S/C17H27NO2/c1-13-9-10-15(20-13)12-19-16-8-6-5-7-14(16)11-18-17(2,3)4/h5-8,13,15,18H,9-12H2,1-4H3. The molecule has 1 heterocycles. The zero-order valence-electron chi connectivity index (χ0n) is 13.1. The second kappa shape index (κ2) is 6.59. The van der Waals surface area contributed by atoms with Crippen molar-refractivity contribution >= 4 is 0 Å². The van der Waals surface area contributed by atoms with Crippen molar-refractivity contribution in [2.75, 3.05) is 6.61 Å². The van der Waals surface area contributed by atoms with Gasteiger partial charge in [0.1, 0.15) is 12.4 Å². The Morgan fingerprint density at radius 2 is 2.00 bits per heavy atom. The molecule has 1 aromatic carbocycles. The predicted molar refractivity (Wildman–Crippen MR) is 82.1 cm³/mol. The number of hydrogen-bond donors (Lipinski definition) is 1. The van der Waals surface area contributed by atoms with Gasteiger partial charge in [0.15, 0.2) is 0 Å². The van der Waals surface area contributed by atoms with E-state index < -0.39 is 0 Å². The minimum absolute atomic E-state index is 0.108. The number of ether oxygens (including phenoxy) is 2. The second-order valence-corrected chi connectivity index (χ2v) is 6.67. The van der Waals surface area contributed by atoms with E-state index in [1.165, 1.54) is 5.56 Å². The van der Waals surface area contributed by atoms with Crippen LogP contribution in [0.1, 0.15) is 46.1 Å². The zero-order chi connectivity index (χ0) is 14.6. The van der Waals surface area contributed by atoms with Gasteiger partial charge in [0.25, 0.3) is 0 Å². The summed E-state index contributed by atoms with van der Waals surface area (Å²) in [6, 6.07) is 8.24. The van der Waals surface area contributed by atoms with Crippen molar-refractivity contribution in [1.29, 1.82) is 0 Å². The third-order valence-electron chi connectivity index (χ3n) is 3.53. The van der Waals surface area contributed by atoms with Gasteiger partial charge in [0.2, 0.25) is 0 Å². The van der Waals surface area contributed by atoms with Crippen molar-refractivity contribution in [3.63, 3.8) is 0 Å². The van der Waals surface area contributed by atoms with E-state index >= 15 is 0 Å². The van der Waals surface area contributed by atoms with Crippen LogP contribution in [0.4, 0.5) is 0 Å². The molecule has 0 spiro atoms. The molecule has 20 heavy (non-hydrogen) atoms. The summed E-state index contributed by atoms with van der Waals surface area (Å²) in [6.07, 6.45) is 2.86. The van der Waals surface area contributed by atoms with Crippen molar-refractivity contribution < 1.29 is 9.47 Å². The molecule has 1 aliphatic heterocycles. The molecule has 0 aromatic heterocycles. The molecular formula is C17H27NO2. The monoisotopic (exact) mass is 277 g/mol. The molecule has 112 valence electrons. The first-order valence-electron chi connectivity index (χ1n) is 7.55. The fraction of sp³-hybridized carbons (Fsp3) is 0.647. The van der Waals surface area contributed by atoms with E-state index in [1.54, 1.807) is 0 Å². The Labute approximate surface area is 122 Å². The molecule has 1 fully saturated rings. The predicted octanol–water partition coefficient (Wildman–Crippen LogP) is 3.52. The number of rotatable bonds is 5. The minimum Gasteiger partial charge on any atom is -0.491 e. The molecule has 3 nitrogen and oxygen atoms in total. The number of hydrogen-bond acceptors (Lipinski definition) is 3. The molecule has 2 unspecified atom stereocenters. The van der Waals surface area contributed by atoms with Crippen LogP contribution in [0, 0.1) is 0 Å². The Balaban J connectivity index is 1.90. The minimum atomic E-state index is 0.108. The van der Waals surface area contributed by atoms with Crippen LogP contribution in [-0.4, -0.2) is 24.4 Å². The van der Waals surface area contributed by atoms with Gasteiger partial charge < -0.3 is 14.8 Å². The van der Waals surface area contributed by atoms with Gasteiger partial charge in [0, 0.05) is 17.6 Å². The average molecular weight is 277 g/mol.